The quantitative estimate of drug-likeness (QED) is 0.827. The van der Waals surface area contributed by atoms with Gasteiger partial charge in [0.1, 0.15) is 0 Å². The minimum absolute atomic E-state index is 0.702. The Balaban J connectivity index is 1.74. The summed E-state index contributed by atoms with van der Waals surface area (Å²) in [7, 11) is 0. The first-order valence-electron chi connectivity index (χ1n) is 7.85. The van der Waals surface area contributed by atoms with Crippen LogP contribution in [-0.2, 0) is 0 Å². The van der Waals surface area contributed by atoms with E-state index in [1.807, 2.05) is 0 Å². The van der Waals surface area contributed by atoms with Crippen molar-refractivity contribution >= 4 is 11.8 Å². The second-order valence-electron chi connectivity index (χ2n) is 6.07. The zero-order valence-corrected chi connectivity index (χ0v) is 13.0. The Bertz CT molecular complexity index is 227. The number of piperidine rings is 1. The summed E-state index contributed by atoms with van der Waals surface area (Å²) in [5, 5.41) is 3.90. The first-order chi connectivity index (χ1) is 8.79. The van der Waals surface area contributed by atoms with E-state index in [2.05, 4.69) is 35.8 Å². The fraction of sp³-hybridized carbons (Fsp3) is 1.00. The molecule has 2 aliphatic rings. The molecule has 0 aromatic rings. The van der Waals surface area contributed by atoms with Crippen LogP contribution >= 0.6 is 11.8 Å². The summed E-state index contributed by atoms with van der Waals surface area (Å²) >= 11 is 2.13. The van der Waals surface area contributed by atoms with Crippen LogP contribution in [0.4, 0.5) is 0 Å². The van der Waals surface area contributed by atoms with Gasteiger partial charge in [0, 0.05) is 24.4 Å². The van der Waals surface area contributed by atoms with E-state index >= 15 is 0 Å². The van der Waals surface area contributed by atoms with Crippen LogP contribution in [0.5, 0.6) is 0 Å². The van der Waals surface area contributed by atoms with Crippen LogP contribution in [0.25, 0.3) is 0 Å². The van der Waals surface area contributed by atoms with Gasteiger partial charge in [0.25, 0.3) is 0 Å². The molecule has 3 atom stereocenters. The Hall–Kier alpha value is 0.270. The van der Waals surface area contributed by atoms with Crippen LogP contribution in [0.15, 0.2) is 0 Å². The molecule has 2 nitrogen and oxygen atoms in total. The summed E-state index contributed by atoms with van der Waals surface area (Å²) in [6.45, 7) is 8.66. The Kier molecular flexibility index (Phi) is 6.33. The van der Waals surface area contributed by atoms with E-state index in [1.165, 1.54) is 63.2 Å². The van der Waals surface area contributed by atoms with Gasteiger partial charge < -0.3 is 10.2 Å². The lowest BCUT2D eigenvalue weighted by atomic mass is 9.91. The fourth-order valence-corrected chi connectivity index (χ4v) is 4.48. The van der Waals surface area contributed by atoms with Gasteiger partial charge in [0.05, 0.1) is 0 Å². The Morgan fingerprint density at radius 1 is 1.33 bits per heavy atom. The molecule has 106 valence electrons. The average molecular weight is 270 g/mol. The predicted octanol–water partition coefficient (Wildman–Crippen LogP) is 2.98. The minimum Gasteiger partial charge on any atom is -0.310 e. The molecule has 0 amide bonds. The maximum Gasteiger partial charge on any atom is 0.0161 e. The fourth-order valence-electron chi connectivity index (χ4n) is 3.40. The minimum atomic E-state index is 0.702. The van der Waals surface area contributed by atoms with Crippen molar-refractivity contribution in [3.8, 4) is 0 Å². The van der Waals surface area contributed by atoms with E-state index in [-0.39, 0.29) is 0 Å². The van der Waals surface area contributed by atoms with Crippen molar-refractivity contribution in [2.24, 2.45) is 5.92 Å². The van der Waals surface area contributed by atoms with Gasteiger partial charge in [-0.1, -0.05) is 6.92 Å². The highest BCUT2D eigenvalue weighted by Crippen LogP contribution is 2.22. The smallest absolute Gasteiger partial charge is 0.0161 e. The number of rotatable bonds is 5. The summed E-state index contributed by atoms with van der Waals surface area (Å²) in [5.41, 5.74) is 0. The largest absolute Gasteiger partial charge is 0.310 e. The third-order valence-electron chi connectivity index (χ3n) is 4.45. The van der Waals surface area contributed by atoms with Crippen molar-refractivity contribution in [3.63, 3.8) is 0 Å². The highest BCUT2D eigenvalue weighted by Gasteiger charge is 2.26. The van der Waals surface area contributed by atoms with Crippen molar-refractivity contribution < 1.29 is 0 Å². The molecule has 1 N–H and O–H groups in total. The molecule has 0 aliphatic carbocycles. The van der Waals surface area contributed by atoms with E-state index in [9.17, 15) is 0 Å². The molecule has 2 rings (SSSR count). The zero-order chi connectivity index (χ0) is 12.8. The van der Waals surface area contributed by atoms with Gasteiger partial charge in [-0.15, -0.1) is 0 Å². The number of hydrogen-bond acceptors (Lipinski definition) is 3. The SMILES string of the molecule is CCCN1CCCC(C(C)NC2CCCSC2)C1. The number of nitrogens with one attached hydrogen (secondary N) is 1. The molecule has 2 heterocycles. The van der Waals surface area contributed by atoms with Gasteiger partial charge in [0.2, 0.25) is 0 Å². The summed E-state index contributed by atoms with van der Waals surface area (Å²) in [5.74, 6) is 3.58. The number of thioether (sulfide) groups is 1. The van der Waals surface area contributed by atoms with Crippen LogP contribution < -0.4 is 5.32 Å². The molecule has 18 heavy (non-hydrogen) atoms. The van der Waals surface area contributed by atoms with E-state index in [0.29, 0.717) is 6.04 Å². The van der Waals surface area contributed by atoms with Crippen LogP contribution in [0.3, 0.4) is 0 Å². The van der Waals surface area contributed by atoms with Crippen LogP contribution in [-0.4, -0.2) is 48.1 Å². The Morgan fingerprint density at radius 3 is 2.94 bits per heavy atom. The molecule has 0 bridgehead atoms. The maximum absolute atomic E-state index is 3.90. The van der Waals surface area contributed by atoms with Gasteiger partial charge >= 0.3 is 0 Å². The molecule has 2 aliphatic heterocycles. The van der Waals surface area contributed by atoms with Gasteiger partial charge in [0.15, 0.2) is 0 Å². The Morgan fingerprint density at radius 2 is 2.22 bits per heavy atom. The number of nitrogens with zero attached hydrogens (tertiary/aromatic N) is 1. The van der Waals surface area contributed by atoms with Gasteiger partial charge in [-0.25, -0.2) is 0 Å². The third kappa shape index (κ3) is 4.43. The van der Waals surface area contributed by atoms with Crippen molar-refractivity contribution in [1.29, 1.82) is 0 Å². The van der Waals surface area contributed by atoms with Crippen LogP contribution in [0.1, 0.15) is 46.0 Å². The summed E-state index contributed by atoms with van der Waals surface area (Å²) in [4.78, 5) is 2.67. The lowest BCUT2D eigenvalue weighted by Gasteiger charge is -2.38. The topological polar surface area (TPSA) is 15.3 Å². The molecule has 0 spiro atoms. The highest BCUT2D eigenvalue weighted by molar-refractivity contribution is 7.99. The number of likely N-dealkylation sites (tertiary alicyclic amines) is 1. The van der Waals surface area contributed by atoms with Crippen LogP contribution in [0, 0.1) is 5.92 Å². The molecule has 2 fully saturated rings. The van der Waals surface area contributed by atoms with Crippen molar-refractivity contribution in [2.75, 3.05) is 31.1 Å². The predicted molar refractivity (Wildman–Crippen MR) is 82.4 cm³/mol. The van der Waals surface area contributed by atoms with Gasteiger partial charge in [-0.05, 0) is 63.8 Å². The van der Waals surface area contributed by atoms with E-state index < -0.39 is 0 Å². The molecule has 2 saturated heterocycles. The molecular formula is C15H30N2S. The first-order valence-corrected chi connectivity index (χ1v) is 9.01. The second kappa shape index (κ2) is 7.76. The summed E-state index contributed by atoms with van der Waals surface area (Å²) < 4.78 is 0. The third-order valence-corrected chi connectivity index (χ3v) is 5.66. The van der Waals surface area contributed by atoms with Crippen molar-refractivity contribution in [3.05, 3.63) is 0 Å². The molecule has 0 aromatic carbocycles. The van der Waals surface area contributed by atoms with Crippen molar-refractivity contribution in [1.82, 2.24) is 10.2 Å². The lowest BCUT2D eigenvalue weighted by molar-refractivity contribution is 0.147. The van der Waals surface area contributed by atoms with E-state index in [4.69, 9.17) is 0 Å². The molecule has 0 radical (unpaired) electrons. The lowest BCUT2D eigenvalue weighted by Crippen LogP contribution is -2.48. The molecule has 3 unspecified atom stereocenters. The molecular weight excluding hydrogens is 240 g/mol. The normalized spacial score (nSPS) is 32.3. The standard InChI is InChI=1S/C15H30N2S/c1-3-8-17-9-4-6-14(11-17)13(2)16-15-7-5-10-18-12-15/h13-16H,3-12H2,1-2H3. The molecule has 0 saturated carbocycles. The maximum atomic E-state index is 3.90. The summed E-state index contributed by atoms with van der Waals surface area (Å²) in [6.07, 6.45) is 6.92. The summed E-state index contributed by atoms with van der Waals surface area (Å²) in [6, 6.07) is 1.48. The first kappa shape index (κ1) is 14.7. The van der Waals surface area contributed by atoms with Gasteiger partial charge in [-0.2, -0.15) is 11.8 Å². The Labute approximate surface area is 117 Å². The van der Waals surface area contributed by atoms with Crippen LogP contribution in [0.2, 0.25) is 0 Å². The highest BCUT2D eigenvalue weighted by atomic mass is 32.2. The second-order valence-corrected chi connectivity index (χ2v) is 7.22. The zero-order valence-electron chi connectivity index (χ0n) is 12.2. The molecule has 0 aromatic heterocycles. The molecule has 3 heteroatoms. The number of hydrogen-bond donors (Lipinski definition) is 1. The average Bonchev–Trinajstić information content (AvgIpc) is 2.40. The van der Waals surface area contributed by atoms with Crippen molar-refractivity contribution in [2.45, 2.75) is 58.0 Å². The van der Waals surface area contributed by atoms with E-state index in [0.717, 1.165) is 12.0 Å². The van der Waals surface area contributed by atoms with E-state index in [1.54, 1.807) is 0 Å². The van der Waals surface area contributed by atoms with Gasteiger partial charge in [-0.3, -0.25) is 0 Å². The monoisotopic (exact) mass is 270 g/mol.